The summed E-state index contributed by atoms with van der Waals surface area (Å²) in [5.41, 5.74) is 6.39. The van der Waals surface area contributed by atoms with Crippen LogP contribution in [0.3, 0.4) is 0 Å². The van der Waals surface area contributed by atoms with Crippen molar-refractivity contribution in [1.29, 1.82) is 0 Å². The number of pyridine rings is 1. The SMILES string of the molecule is CCOC(=O)[C@@H](OC(C)(C)C)c1c(C)cc2nc(-c3ccc4c(n3)c(Br)cn4C)sc2c1-c1ccc(Cl)cc1. The summed E-state index contributed by atoms with van der Waals surface area (Å²) in [7, 11) is 1.99. The minimum absolute atomic E-state index is 0.258. The van der Waals surface area contributed by atoms with Crippen molar-refractivity contribution in [3.8, 4) is 21.8 Å². The summed E-state index contributed by atoms with van der Waals surface area (Å²) in [6, 6.07) is 13.7. The molecule has 0 fully saturated rings. The number of fused-ring (bicyclic) bond motifs is 2. The maximum Gasteiger partial charge on any atom is 0.339 e. The molecular formula is C30H29BrClN3O3S. The molecule has 0 aliphatic rings. The minimum Gasteiger partial charge on any atom is -0.464 e. The van der Waals surface area contributed by atoms with Gasteiger partial charge in [-0.3, -0.25) is 0 Å². The first kappa shape index (κ1) is 27.8. The quantitative estimate of drug-likeness (QED) is 0.177. The van der Waals surface area contributed by atoms with Crippen LogP contribution in [0.5, 0.6) is 0 Å². The lowest BCUT2D eigenvalue weighted by atomic mass is 9.91. The van der Waals surface area contributed by atoms with Gasteiger partial charge in [0.1, 0.15) is 10.5 Å². The molecule has 9 heteroatoms. The molecule has 39 heavy (non-hydrogen) atoms. The molecule has 1 atom stereocenters. The Morgan fingerprint density at radius 3 is 2.54 bits per heavy atom. The third-order valence-corrected chi connectivity index (χ3v) is 8.24. The van der Waals surface area contributed by atoms with Gasteiger partial charge < -0.3 is 14.0 Å². The van der Waals surface area contributed by atoms with Crippen LogP contribution < -0.4 is 0 Å². The number of aryl methyl sites for hydroxylation is 2. The van der Waals surface area contributed by atoms with Crippen LogP contribution in [0.4, 0.5) is 0 Å². The van der Waals surface area contributed by atoms with Gasteiger partial charge in [-0.05, 0) is 92.0 Å². The monoisotopic (exact) mass is 625 g/mol. The number of ether oxygens (including phenoxy) is 2. The molecule has 0 radical (unpaired) electrons. The summed E-state index contributed by atoms with van der Waals surface area (Å²) in [5.74, 6) is -0.420. The van der Waals surface area contributed by atoms with Crippen LogP contribution in [0.25, 0.3) is 43.1 Å². The van der Waals surface area contributed by atoms with Gasteiger partial charge >= 0.3 is 5.97 Å². The first-order valence-corrected chi connectivity index (χ1v) is 14.6. The van der Waals surface area contributed by atoms with Crippen LogP contribution in [0.1, 0.15) is 44.9 Å². The maximum atomic E-state index is 13.3. The number of carbonyl (C=O) groups excluding carboxylic acids is 1. The molecule has 0 N–H and O–H groups in total. The molecule has 2 aromatic carbocycles. The van der Waals surface area contributed by atoms with E-state index in [4.69, 9.17) is 31.0 Å². The van der Waals surface area contributed by atoms with Crippen LogP contribution >= 0.6 is 38.9 Å². The van der Waals surface area contributed by atoms with E-state index < -0.39 is 17.7 Å². The van der Waals surface area contributed by atoms with Crippen molar-refractivity contribution in [3.63, 3.8) is 0 Å². The van der Waals surface area contributed by atoms with Gasteiger partial charge in [-0.1, -0.05) is 23.7 Å². The molecule has 0 saturated heterocycles. The first-order valence-electron chi connectivity index (χ1n) is 12.6. The number of rotatable bonds is 6. The second kappa shape index (κ2) is 10.7. The van der Waals surface area contributed by atoms with Crippen molar-refractivity contribution in [2.24, 2.45) is 7.05 Å². The van der Waals surface area contributed by atoms with Gasteiger partial charge in [0.05, 0.1) is 38.1 Å². The van der Waals surface area contributed by atoms with Gasteiger partial charge in [0, 0.05) is 29.4 Å². The number of nitrogens with zero attached hydrogens (tertiary/aromatic N) is 3. The average molecular weight is 627 g/mol. The van der Waals surface area contributed by atoms with E-state index in [9.17, 15) is 4.79 Å². The Morgan fingerprint density at radius 2 is 1.87 bits per heavy atom. The van der Waals surface area contributed by atoms with Crippen LogP contribution in [-0.4, -0.2) is 32.7 Å². The fourth-order valence-corrected chi connectivity index (χ4v) is 6.51. The lowest BCUT2D eigenvalue weighted by Gasteiger charge is -2.29. The summed E-state index contributed by atoms with van der Waals surface area (Å²) in [6.45, 7) is 9.84. The minimum atomic E-state index is -0.916. The molecular weight excluding hydrogens is 598 g/mol. The summed E-state index contributed by atoms with van der Waals surface area (Å²) < 4.78 is 15.8. The summed E-state index contributed by atoms with van der Waals surface area (Å²) in [5, 5.41) is 1.42. The molecule has 0 bridgehead atoms. The van der Waals surface area contributed by atoms with Crippen molar-refractivity contribution in [2.75, 3.05) is 6.61 Å². The topological polar surface area (TPSA) is 66.2 Å². The molecule has 5 aromatic rings. The highest BCUT2D eigenvalue weighted by Gasteiger charge is 2.33. The van der Waals surface area contributed by atoms with E-state index >= 15 is 0 Å². The number of aromatic nitrogens is 3. The molecule has 0 spiro atoms. The van der Waals surface area contributed by atoms with Crippen molar-refractivity contribution < 1.29 is 14.3 Å². The Hall–Kier alpha value is -2.78. The average Bonchev–Trinajstić information content (AvgIpc) is 3.42. The highest BCUT2D eigenvalue weighted by Crippen LogP contribution is 2.44. The normalized spacial score (nSPS) is 12.8. The largest absolute Gasteiger partial charge is 0.464 e. The lowest BCUT2D eigenvalue weighted by molar-refractivity contribution is -0.166. The first-order chi connectivity index (χ1) is 18.5. The van der Waals surface area contributed by atoms with E-state index in [1.807, 2.05) is 81.9 Å². The molecule has 5 rings (SSSR count). The molecule has 0 unspecified atom stereocenters. The smallest absolute Gasteiger partial charge is 0.339 e. The Bertz CT molecular complexity index is 1700. The zero-order valence-electron chi connectivity index (χ0n) is 22.6. The summed E-state index contributed by atoms with van der Waals surface area (Å²) in [4.78, 5) is 23.3. The molecule has 3 aromatic heterocycles. The third kappa shape index (κ3) is 5.48. The molecule has 6 nitrogen and oxygen atoms in total. The molecule has 0 amide bonds. The Balaban J connectivity index is 1.78. The van der Waals surface area contributed by atoms with Crippen molar-refractivity contribution in [2.45, 2.75) is 46.3 Å². The highest BCUT2D eigenvalue weighted by atomic mass is 79.9. The summed E-state index contributed by atoms with van der Waals surface area (Å²) >= 11 is 11.4. The highest BCUT2D eigenvalue weighted by molar-refractivity contribution is 9.10. The lowest BCUT2D eigenvalue weighted by Crippen LogP contribution is -2.29. The van der Waals surface area contributed by atoms with E-state index in [1.54, 1.807) is 18.3 Å². The fourth-order valence-electron chi connectivity index (χ4n) is 4.69. The van der Waals surface area contributed by atoms with E-state index in [-0.39, 0.29) is 6.61 Å². The van der Waals surface area contributed by atoms with Crippen molar-refractivity contribution >= 4 is 66.1 Å². The molecule has 0 saturated carbocycles. The van der Waals surface area contributed by atoms with Gasteiger partial charge in [-0.2, -0.15) is 0 Å². The standard InChI is InChI=1S/C30H29BrClN3O3S/c1-7-37-29(36)26(38-30(3,4)5)23-16(2)14-21-27(24(23)17-8-10-18(32)11-9-17)39-28(34-21)20-12-13-22-25(33-20)19(31)15-35(22)6/h8-15,26H,7H2,1-6H3/t26-/m0/s1. The van der Waals surface area contributed by atoms with Crippen molar-refractivity contribution in [3.05, 3.63) is 69.3 Å². The number of thiazole rings is 1. The van der Waals surface area contributed by atoms with Gasteiger partial charge in [-0.25, -0.2) is 14.8 Å². The predicted octanol–water partition coefficient (Wildman–Crippen LogP) is 8.66. The van der Waals surface area contributed by atoms with E-state index in [1.165, 1.54) is 0 Å². The van der Waals surface area contributed by atoms with Gasteiger partial charge in [-0.15, -0.1) is 11.3 Å². The van der Waals surface area contributed by atoms with Gasteiger partial charge in [0.2, 0.25) is 0 Å². The second-order valence-corrected chi connectivity index (χ2v) is 12.7. The second-order valence-electron chi connectivity index (χ2n) is 10.4. The fraction of sp³-hybridized carbons (Fsp3) is 0.300. The number of hydrogen-bond donors (Lipinski definition) is 0. The van der Waals surface area contributed by atoms with Gasteiger partial charge in [0.15, 0.2) is 6.10 Å². The van der Waals surface area contributed by atoms with Crippen molar-refractivity contribution in [1.82, 2.24) is 14.5 Å². The van der Waals surface area contributed by atoms with E-state index in [0.717, 1.165) is 58.7 Å². The number of benzene rings is 2. The summed E-state index contributed by atoms with van der Waals surface area (Å²) in [6.07, 6.45) is 1.08. The van der Waals surface area contributed by atoms with E-state index in [2.05, 4.69) is 22.0 Å². The molecule has 0 aliphatic carbocycles. The maximum absolute atomic E-state index is 13.3. The van der Waals surface area contributed by atoms with Crippen LogP contribution in [-0.2, 0) is 21.3 Å². The third-order valence-electron chi connectivity index (χ3n) is 6.30. The zero-order chi connectivity index (χ0) is 28.1. The Labute approximate surface area is 245 Å². The molecule has 3 heterocycles. The van der Waals surface area contributed by atoms with Gasteiger partial charge in [0.25, 0.3) is 0 Å². The number of hydrogen-bond acceptors (Lipinski definition) is 6. The predicted molar refractivity (Wildman–Crippen MR) is 162 cm³/mol. The Kier molecular flexibility index (Phi) is 7.59. The molecule has 202 valence electrons. The Morgan fingerprint density at radius 1 is 1.15 bits per heavy atom. The van der Waals surface area contributed by atoms with E-state index in [0.29, 0.717) is 5.02 Å². The number of esters is 1. The van der Waals surface area contributed by atoms with Crippen LogP contribution in [0.2, 0.25) is 5.02 Å². The van der Waals surface area contributed by atoms with Crippen LogP contribution in [0, 0.1) is 6.92 Å². The molecule has 0 aliphatic heterocycles. The number of carbonyl (C=O) groups is 1. The van der Waals surface area contributed by atoms with Crippen LogP contribution in [0.15, 0.2) is 53.1 Å². The zero-order valence-corrected chi connectivity index (χ0v) is 25.8. The number of halogens is 2.